The lowest BCUT2D eigenvalue weighted by Gasteiger charge is -2.13. The van der Waals surface area contributed by atoms with Gasteiger partial charge in [-0.15, -0.1) is 0 Å². The van der Waals surface area contributed by atoms with E-state index in [4.69, 9.17) is 4.52 Å². The number of carbonyl (C=O) groups is 1. The summed E-state index contributed by atoms with van der Waals surface area (Å²) in [5, 5.41) is 24.2. The quantitative estimate of drug-likeness (QED) is 0.561. The third-order valence-corrected chi connectivity index (χ3v) is 5.10. The van der Waals surface area contributed by atoms with E-state index in [0.29, 0.717) is 5.82 Å². The van der Waals surface area contributed by atoms with E-state index in [9.17, 15) is 15.0 Å². The van der Waals surface area contributed by atoms with Gasteiger partial charge in [0.05, 0.1) is 6.42 Å². The van der Waals surface area contributed by atoms with Crippen LogP contribution in [0.2, 0.25) is 0 Å². The number of nitrogens with zero attached hydrogens (tertiary/aromatic N) is 4. The molecule has 1 unspecified atom stereocenters. The molecule has 0 aliphatic carbocycles. The second-order valence-corrected chi connectivity index (χ2v) is 6.86. The number of hydrogen-bond donors (Lipinski definition) is 2. The third kappa shape index (κ3) is 2.61. The van der Waals surface area contributed by atoms with Gasteiger partial charge in [0.1, 0.15) is 5.75 Å². The Kier molecular flexibility index (Phi) is 3.65. The van der Waals surface area contributed by atoms with Crippen LogP contribution in [-0.4, -0.2) is 35.9 Å². The zero-order chi connectivity index (χ0) is 19.3. The number of aryl methyl sites for hydroxylation is 1. The van der Waals surface area contributed by atoms with Crippen molar-refractivity contribution < 1.29 is 19.5 Å². The lowest BCUT2D eigenvalue weighted by atomic mass is 10.1. The number of carboxylic acids is 1. The fraction of sp³-hybridized carbons (Fsp3) is 0.200. The Morgan fingerprint density at radius 3 is 3.00 bits per heavy atom. The number of hydrogen-bond acceptors (Lipinski definition) is 6. The van der Waals surface area contributed by atoms with Gasteiger partial charge in [-0.05, 0) is 42.5 Å². The largest absolute Gasteiger partial charge is 0.505 e. The van der Waals surface area contributed by atoms with E-state index >= 15 is 0 Å². The van der Waals surface area contributed by atoms with Crippen LogP contribution in [0, 0.1) is 0 Å². The molecule has 1 atom stereocenters. The van der Waals surface area contributed by atoms with Crippen molar-refractivity contribution >= 4 is 16.9 Å². The van der Waals surface area contributed by atoms with Crippen LogP contribution in [0.1, 0.15) is 24.6 Å². The summed E-state index contributed by atoms with van der Waals surface area (Å²) in [5.74, 6) is -0.314. The Morgan fingerprint density at radius 1 is 1.29 bits per heavy atom. The predicted molar refractivity (Wildman–Crippen MR) is 99.7 cm³/mol. The number of aliphatic carboxylic acids is 1. The molecule has 8 nitrogen and oxygen atoms in total. The number of aromatic nitrogens is 4. The highest BCUT2D eigenvalue weighted by Crippen LogP contribution is 2.36. The van der Waals surface area contributed by atoms with Gasteiger partial charge in [-0.1, -0.05) is 17.3 Å². The van der Waals surface area contributed by atoms with Gasteiger partial charge >= 0.3 is 5.97 Å². The van der Waals surface area contributed by atoms with E-state index in [1.807, 2.05) is 18.2 Å². The number of carboxylic acid groups (broad SMARTS) is 1. The van der Waals surface area contributed by atoms with E-state index in [-0.39, 0.29) is 29.8 Å². The van der Waals surface area contributed by atoms with Crippen LogP contribution in [0.3, 0.4) is 0 Å². The van der Waals surface area contributed by atoms with Gasteiger partial charge in [-0.2, -0.15) is 4.98 Å². The number of rotatable bonds is 4. The van der Waals surface area contributed by atoms with Crippen molar-refractivity contribution in [2.75, 3.05) is 0 Å². The number of benzene rings is 1. The summed E-state index contributed by atoms with van der Waals surface area (Å²) >= 11 is 0. The van der Waals surface area contributed by atoms with Crippen molar-refractivity contribution in [3.63, 3.8) is 0 Å². The molecule has 28 heavy (non-hydrogen) atoms. The van der Waals surface area contributed by atoms with Gasteiger partial charge in [0.2, 0.25) is 5.82 Å². The molecule has 0 spiro atoms. The maximum absolute atomic E-state index is 11.2. The van der Waals surface area contributed by atoms with E-state index in [2.05, 4.69) is 25.8 Å². The van der Waals surface area contributed by atoms with Gasteiger partial charge in [0.15, 0.2) is 5.69 Å². The van der Waals surface area contributed by atoms with Crippen LogP contribution in [-0.2, 0) is 11.2 Å². The smallest absolute Gasteiger partial charge is 0.305 e. The molecule has 0 fully saturated rings. The Morgan fingerprint density at radius 2 is 2.18 bits per heavy atom. The predicted octanol–water partition coefficient (Wildman–Crippen LogP) is 3.42. The lowest BCUT2D eigenvalue weighted by molar-refractivity contribution is -0.137. The Bertz CT molecular complexity index is 1210. The molecule has 140 valence electrons. The van der Waals surface area contributed by atoms with E-state index < -0.39 is 5.97 Å². The fourth-order valence-corrected chi connectivity index (χ4v) is 3.88. The topological polar surface area (TPSA) is 114 Å². The van der Waals surface area contributed by atoms with Crippen molar-refractivity contribution in [3.8, 4) is 28.7 Å². The van der Waals surface area contributed by atoms with Gasteiger partial charge in [-0.3, -0.25) is 4.79 Å². The molecular weight excluding hydrogens is 360 g/mol. The van der Waals surface area contributed by atoms with E-state index in [1.165, 1.54) is 12.3 Å². The van der Waals surface area contributed by atoms with Crippen LogP contribution in [0.5, 0.6) is 5.75 Å². The molecule has 1 aromatic carbocycles. The first-order valence-electron chi connectivity index (χ1n) is 8.94. The maximum Gasteiger partial charge on any atom is 0.305 e. The summed E-state index contributed by atoms with van der Waals surface area (Å²) in [7, 11) is 0. The molecule has 5 rings (SSSR count). The van der Waals surface area contributed by atoms with Crippen LogP contribution in [0.25, 0.3) is 33.9 Å². The minimum absolute atomic E-state index is 0.0333. The summed E-state index contributed by atoms with van der Waals surface area (Å²) in [5.41, 5.74) is 3.08. The number of fused-ring (bicyclic) bond motifs is 3. The van der Waals surface area contributed by atoms with Crippen molar-refractivity contribution in [2.24, 2.45) is 0 Å². The average molecular weight is 376 g/mol. The molecule has 0 bridgehead atoms. The first-order valence-corrected chi connectivity index (χ1v) is 8.94. The standard InChI is InChI=1S/C20H16N4O4/c25-16-2-1-7-21-18(16)20-22-19(23-28-20)12-4-3-11-8-13-5-6-14(10-17(26)27)24(13)15(11)9-12/h1-4,7-9,14,25H,5-6,10H2,(H,26,27). The molecule has 8 heteroatoms. The molecule has 1 aliphatic heterocycles. The van der Waals surface area contributed by atoms with Crippen molar-refractivity contribution in [3.05, 3.63) is 48.3 Å². The van der Waals surface area contributed by atoms with E-state index in [1.54, 1.807) is 6.07 Å². The molecule has 4 aromatic rings. The molecule has 0 amide bonds. The molecule has 4 heterocycles. The van der Waals surface area contributed by atoms with Crippen LogP contribution in [0.15, 0.2) is 47.1 Å². The summed E-state index contributed by atoms with van der Waals surface area (Å²) < 4.78 is 7.39. The van der Waals surface area contributed by atoms with Gasteiger partial charge in [-0.25, -0.2) is 4.98 Å². The minimum atomic E-state index is -0.797. The van der Waals surface area contributed by atoms with Crippen LogP contribution < -0.4 is 0 Å². The molecule has 2 N–H and O–H groups in total. The van der Waals surface area contributed by atoms with Crippen molar-refractivity contribution in [2.45, 2.75) is 25.3 Å². The van der Waals surface area contributed by atoms with Gasteiger partial charge in [0, 0.05) is 29.0 Å². The van der Waals surface area contributed by atoms with Crippen molar-refractivity contribution in [1.29, 1.82) is 0 Å². The van der Waals surface area contributed by atoms with Crippen LogP contribution >= 0.6 is 0 Å². The number of pyridine rings is 1. The summed E-state index contributed by atoms with van der Waals surface area (Å²) in [4.78, 5) is 19.6. The molecule has 1 aliphatic rings. The summed E-state index contributed by atoms with van der Waals surface area (Å²) in [6, 6.07) is 11.0. The summed E-state index contributed by atoms with van der Waals surface area (Å²) in [6.45, 7) is 0. The Hall–Kier alpha value is -3.68. The molecule has 0 saturated carbocycles. The lowest BCUT2D eigenvalue weighted by Crippen LogP contribution is -2.09. The second kappa shape index (κ2) is 6.19. The normalized spacial score (nSPS) is 15.8. The molecule has 3 aromatic heterocycles. The fourth-order valence-electron chi connectivity index (χ4n) is 3.88. The van der Waals surface area contributed by atoms with Crippen molar-refractivity contribution in [1.82, 2.24) is 19.7 Å². The monoisotopic (exact) mass is 376 g/mol. The van der Waals surface area contributed by atoms with E-state index in [0.717, 1.165) is 35.0 Å². The first-order chi connectivity index (χ1) is 13.6. The van der Waals surface area contributed by atoms with Gasteiger partial charge in [0.25, 0.3) is 5.89 Å². The zero-order valence-electron chi connectivity index (χ0n) is 14.7. The third-order valence-electron chi connectivity index (χ3n) is 5.10. The minimum Gasteiger partial charge on any atom is -0.505 e. The number of aromatic hydroxyl groups is 1. The highest BCUT2D eigenvalue weighted by Gasteiger charge is 2.26. The molecular formula is C20H16N4O4. The second-order valence-electron chi connectivity index (χ2n) is 6.86. The maximum atomic E-state index is 11.2. The molecule has 0 saturated heterocycles. The van der Waals surface area contributed by atoms with Crippen LogP contribution in [0.4, 0.5) is 0 Å². The highest BCUT2D eigenvalue weighted by molar-refractivity contribution is 5.86. The SMILES string of the molecule is O=C(O)CC1CCc2cc3ccc(-c4noc(-c5ncccc5O)n4)cc3n21. The summed E-state index contributed by atoms with van der Waals surface area (Å²) in [6.07, 6.45) is 3.34. The van der Waals surface area contributed by atoms with Gasteiger partial charge < -0.3 is 19.3 Å². The first kappa shape index (κ1) is 16.5. The zero-order valence-corrected chi connectivity index (χ0v) is 14.7. The Balaban J connectivity index is 1.56. The molecule has 0 radical (unpaired) electrons. The average Bonchev–Trinajstić information content (AvgIpc) is 3.37. The highest BCUT2D eigenvalue weighted by atomic mass is 16.5. The Labute approximate surface area is 159 Å².